The standard InChI is InChI=1S/C18H23N3O.HI/c1-14-8-10-16(11-9-14)21-18(19)20-12-4-6-15-5-3-7-17(13-15)22-2;/h3,5,7-11,13H,4,6,12H2,1-2H3,(H3,19,20,21);1H. The van der Waals surface area contributed by atoms with E-state index in [0.717, 1.165) is 24.3 Å². The molecule has 0 heterocycles. The van der Waals surface area contributed by atoms with Crippen molar-refractivity contribution in [2.45, 2.75) is 19.8 Å². The molecule has 0 atom stereocenters. The first-order valence-corrected chi connectivity index (χ1v) is 7.44. The predicted octanol–water partition coefficient (Wildman–Crippen LogP) is 3.98. The fourth-order valence-corrected chi connectivity index (χ4v) is 2.13. The van der Waals surface area contributed by atoms with Crippen molar-refractivity contribution in [3.63, 3.8) is 0 Å². The van der Waals surface area contributed by atoms with Crippen LogP contribution in [0.15, 0.2) is 53.5 Å². The van der Waals surface area contributed by atoms with Crippen LogP contribution in [0.5, 0.6) is 5.75 Å². The second-order valence-electron chi connectivity index (χ2n) is 5.21. The maximum atomic E-state index is 5.89. The molecule has 4 nitrogen and oxygen atoms in total. The van der Waals surface area contributed by atoms with E-state index in [1.54, 1.807) is 7.11 Å². The van der Waals surface area contributed by atoms with Crippen molar-refractivity contribution in [1.29, 1.82) is 0 Å². The highest BCUT2D eigenvalue weighted by Crippen LogP contribution is 2.14. The van der Waals surface area contributed by atoms with E-state index in [0.29, 0.717) is 12.5 Å². The number of methoxy groups -OCH3 is 1. The van der Waals surface area contributed by atoms with Gasteiger partial charge in [0, 0.05) is 12.2 Å². The second kappa shape index (κ2) is 10.1. The van der Waals surface area contributed by atoms with E-state index in [-0.39, 0.29) is 24.0 Å². The van der Waals surface area contributed by atoms with Crippen LogP contribution in [0.2, 0.25) is 0 Å². The fourth-order valence-electron chi connectivity index (χ4n) is 2.13. The van der Waals surface area contributed by atoms with Gasteiger partial charge in [0.1, 0.15) is 5.75 Å². The number of nitrogens with zero attached hydrogens (tertiary/aromatic N) is 1. The number of halogens is 1. The molecular formula is C18H24IN3O. The third kappa shape index (κ3) is 6.90. The first-order valence-electron chi connectivity index (χ1n) is 7.44. The average molecular weight is 425 g/mol. The van der Waals surface area contributed by atoms with E-state index >= 15 is 0 Å². The van der Waals surface area contributed by atoms with E-state index < -0.39 is 0 Å². The van der Waals surface area contributed by atoms with Gasteiger partial charge in [-0.15, -0.1) is 24.0 Å². The number of ether oxygens (including phenoxy) is 1. The molecule has 0 bridgehead atoms. The Labute approximate surface area is 155 Å². The first kappa shape index (κ1) is 19.3. The number of aryl methyl sites for hydroxylation is 2. The topological polar surface area (TPSA) is 59.6 Å². The van der Waals surface area contributed by atoms with Crippen molar-refractivity contribution < 1.29 is 4.74 Å². The van der Waals surface area contributed by atoms with Gasteiger partial charge in [0.05, 0.1) is 7.11 Å². The minimum absolute atomic E-state index is 0. The fraction of sp³-hybridized carbons (Fsp3) is 0.278. The Hall–Kier alpha value is -1.76. The minimum atomic E-state index is 0. The van der Waals surface area contributed by atoms with Crippen LogP contribution in [0.3, 0.4) is 0 Å². The lowest BCUT2D eigenvalue weighted by Gasteiger charge is -2.06. The number of benzene rings is 2. The Bertz CT molecular complexity index is 626. The van der Waals surface area contributed by atoms with Crippen LogP contribution in [0.1, 0.15) is 17.5 Å². The Morgan fingerprint density at radius 2 is 1.91 bits per heavy atom. The van der Waals surface area contributed by atoms with Gasteiger partial charge in [0.25, 0.3) is 0 Å². The summed E-state index contributed by atoms with van der Waals surface area (Å²) >= 11 is 0. The quantitative estimate of drug-likeness (QED) is 0.319. The van der Waals surface area contributed by atoms with Gasteiger partial charge in [-0.25, -0.2) is 0 Å². The number of hydrogen-bond acceptors (Lipinski definition) is 2. The van der Waals surface area contributed by atoms with Crippen LogP contribution in [-0.4, -0.2) is 19.6 Å². The third-order valence-electron chi connectivity index (χ3n) is 3.36. The number of anilines is 1. The average Bonchev–Trinajstić information content (AvgIpc) is 2.54. The highest BCUT2D eigenvalue weighted by molar-refractivity contribution is 14.0. The molecule has 0 saturated carbocycles. The van der Waals surface area contributed by atoms with Crippen LogP contribution < -0.4 is 15.8 Å². The summed E-state index contributed by atoms with van der Waals surface area (Å²) in [6, 6.07) is 16.2. The zero-order valence-electron chi connectivity index (χ0n) is 13.6. The summed E-state index contributed by atoms with van der Waals surface area (Å²) in [5.41, 5.74) is 9.32. The molecule has 0 saturated heterocycles. The zero-order valence-corrected chi connectivity index (χ0v) is 15.9. The minimum Gasteiger partial charge on any atom is -0.497 e. The third-order valence-corrected chi connectivity index (χ3v) is 3.36. The van der Waals surface area contributed by atoms with Gasteiger partial charge < -0.3 is 15.8 Å². The van der Waals surface area contributed by atoms with Crippen LogP contribution in [0.4, 0.5) is 5.69 Å². The zero-order chi connectivity index (χ0) is 15.8. The van der Waals surface area contributed by atoms with Crippen molar-refractivity contribution in [3.05, 3.63) is 59.7 Å². The molecule has 5 heteroatoms. The van der Waals surface area contributed by atoms with Gasteiger partial charge >= 0.3 is 0 Å². The molecule has 0 spiro atoms. The van der Waals surface area contributed by atoms with Crippen LogP contribution >= 0.6 is 24.0 Å². The number of nitrogens with one attached hydrogen (secondary N) is 1. The first-order chi connectivity index (χ1) is 10.7. The summed E-state index contributed by atoms with van der Waals surface area (Å²) in [5, 5.41) is 3.09. The largest absolute Gasteiger partial charge is 0.497 e. The van der Waals surface area contributed by atoms with E-state index in [2.05, 4.69) is 29.4 Å². The SMILES string of the molecule is COc1cccc(CCCN=C(N)Nc2ccc(C)cc2)c1.I. The molecule has 0 aliphatic heterocycles. The van der Waals surface area contributed by atoms with Crippen LogP contribution in [0.25, 0.3) is 0 Å². The van der Waals surface area contributed by atoms with Gasteiger partial charge in [0.15, 0.2) is 5.96 Å². The Morgan fingerprint density at radius 1 is 1.17 bits per heavy atom. The number of nitrogens with two attached hydrogens (primary N) is 1. The van der Waals surface area contributed by atoms with E-state index in [1.165, 1.54) is 11.1 Å². The normalized spacial score (nSPS) is 10.8. The molecule has 23 heavy (non-hydrogen) atoms. The maximum Gasteiger partial charge on any atom is 0.193 e. The van der Waals surface area contributed by atoms with Gasteiger partial charge in [-0.05, 0) is 49.6 Å². The number of guanidine groups is 1. The monoisotopic (exact) mass is 425 g/mol. The summed E-state index contributed by atoms with van der Waals surface area (Å²) in [5.74, 6) is 1.34. The van der Waals surface area contributed by atoms with Gasteiger partial charge in [-0.2, -0.15) is 0 Å². The van der Waals surface area contributed by atoms with E-state index in [1.807, 2.05) is 36.4 Å². The van der Waals surface area contributed by atoms with Gasteiger partial charge in [0.2, 0.25) is 0 Å². The lowest BCUT2D eigenvalue weighted by atomic mass is 10.1. The maximum absolute atomic E-state index is 5.89. The molecule has 0 aliphatic rings. The summed E-state index contributed by atoms with van der Waals surface area (Å²) < 4.78 is 5.22. The summed E-state index contributed by atoms with van der Waals surface area (Å²) in [6.07, 6.45) is 1.90. The molecule has 0 aliphatic carbocycles. The van der Waals surface area contributed by atoms with E-state index in [9.17, 15) is 0 Å². The number of rotatable bonds is 6. The molecule has 2 aromatic carbocycles. The lowest BCUT2D eigenvalue weighted by Crippen LogP contribution is -2.22. The van der Waals surface area contributed by atoms with Crippen LogP contribution in [-0.2, 0) is 6.42 Å². The Kier molecular flexibility index (Phi) is 8.47. The molecule has 0 radical (unpaired) electrons. The predicted molar refractivity (Wildman–Crippen MR) is 108 cm³/mol. The van der Waals surface area contributed by atoms with Crippen molar-refractivity contribution >= 4 is 35.6 Å². The van der Waals surface area contributed by atoms with Crippen LogP contribution in [0, 0.1) is 6.92 Å². The molecule has 2 rings (SSSR count). The lowest BCUT2D eigenvalue weighted by molar-refractivity contribution is 0.414. The van der Waals surface area contributed by atoms with Crippen molar-refractivity contribution in [2.24, 2.45) is 10.7 Å². The molecule has 0 amide bonds. The molecule has 2 aromatic rings. The molecule has 124 valence electrons. The summed E-state index contributed by atoms with van der Waals surface area (Å²) in [7, 11) is 1.68. The summed E-state index contributed by atoms with van der Waals surface area (Å²) in [6.45, 7) is 2.75. The molecule has 3 N–H and O–H groups in total. The molecular weight excluding hydrogens is 401 g/mol. The van der Waals surface area contributed by atoms with E-state index in [4.69, 9.17) is 10.5 Å². The highest BCUT2D eigenvalue weighted by Gasteiger charge is 1.97. The number of hydrogen-bond donors (Lipinski definition) is 2. The Balaban J connectivity index is 0.00000264. The second-order valence-corrected chi connectivity index (χ2v) is 5.21. The highest BCUT2D eigenvalue weighted by atomic mass is 127. The van der Waals surface area contributed by atoms with Gasteiger partial charge in [-0.3, -0.25) is 4.99 Å². The Morgan fingerprint density at radius 3 is 2.61 bits per heavy atom. The van der Waals surface area contributed by atoms with Crippen molar-refractivity contribution in [3.8, 4) is 5.75 Å². The number of aliphatic imine (C=N–C) groups is 1. The van der Waals surface area contributed by atoms with Crippen molar-refractivity contribution in [2.75, 3.05) is 19.0 Å². The molecule has 0 unspecified atom stereocenters. The smallest absolute Gasteiger partial charge is 0.193 e. The van der Waals surface area contributed by atoms with Crippen molar-refractivity contribution in [1.82, 2.24) is 0 Å². The molecule has 0 fully saturated rings. The molecule has 0 aromatic heterocycles. The van der Waals surface area contributed by atoms with Gasteiger partial charge in [-0.1, -0.05) is 29.8 Å². The summed E-state index contributed by atoms with van der Waals surface area (Å²) in [4.78, 5) is 4.35.